The Bertz CT molecular complexity index is 1310. The largest absolute Gasteiger partial charge is 0.135 e. The Balaban J connectivity index is 1.71. The Morgan fingerprint density at radius 2 is 1.07 bits per heavy atom. The maximum Gasteiger partial charge on any atom is 0.0349 e. The number of hydrogen-bond donors (Lipinski definition) is 0. The molecule has 0 radical (unpaired) electrons. The van der Waals surface area contributed by atoms with Gasteiger partial charge in [0.25, 0.3) is 0 Å². The summed E-state index contributed by atoms with van der Waals surface area (Å²) in [5.74, 6) is 0. The van der Waals surface area contributed by atoms with Crippen LogP contribution in [0.15, 0.2) is 84.9 Å². The number of benzene rings is 4. The minimum atomic E-state index is 1.05. The third kappa shape index (κ3) is 3.07. The van der Waals surface area contributed by atoms with Crippen molar-refractivity contribution in [3.63, 3.8) is 0 Å². The van der Waals surface area contributed by atoms with Gasteiger partial charge in [-0.05, 0) is 74.8 Å². The Hall–Kier alpha value is -2.90. The third-order valence-electron chi connectivity index (χ3n) is 5.90. The number of hydrogen-bond acceptors (Lipinski definition) is 1. The average Bonchev–Trinajstić information content (AvgIpc) is 3.28. The average molecular weight is 393 g/mol. The fourth-order valence-corrected chi connectivity index (χ4v) is 5.53. The third-order valence-corrected chi connectivity index (χ3v) is 7.09. The van der Waals surface area contributed by atoms with Crippen molar-refractivity contribution in [2.24, 2.45) is 0 Å². The zero-order valence-electron chi connectivity index (χ0n) is 16.9. The molecule has 0 saturated carbocycles. The van der Waals surface area contributed by atoms with Gasteiger partial charge in [0.2, 0.25) is 0 Å². The van der Waals surface area contributed by atoms with Crippen LogP contribution in [0.5, 0.6) is 0 Å². The first-order valence-electron chi connectivity index (χ1n) is 10.4. The van der Waals surface area contributed by atoms with Crippen LogP contribution in [-0.2, 0) is 12.8 Å². The van der Waals surface area contributed by atoms with Gasteiger partial charge < -0.3 is 0 Å². The first kappa shape index (κ1) is 18.1. The fourth-order valence-electron chi connectivity index (χ4n) is 4.52. The van der Waals surface area contributed by atoms with Crippen LogP contribution >= 0.6 is 11.3 Å². The van der Waals surface area contributed by atoms with E-state index in [9.17, 15) is 0 Å². The molecular formula is C28H24S. The molecule has 29 heavy (non-hydrogen) atoms. The van der Waals surface area contributed by atoms with Crippen molar-refractivity contribution in [1.82, 2.24) is 0 Å². The van der Waals surface area contributed by atoms with Crippen molar-refractivity contribution < 1.29 is 0 Å². The predicted octanol–water partition coefficient (Wildman–Crippen LogP) is 8.51. The lowest BCUT2D eigenvalue weighted by atomic mass is 9.88. The number of thiophene rings is 1. The number of fused-ring (bicyclic) bond motifs is 2. The summed E-state index contributed by atoms with van der Waals surface area (Å²) >= 11 is 1.87. The van der Waals surface area contributed by atoms with Gasteiger partial charge in [-0.25, -0.2) is 0 Å². The standard InChI is InChI=1S/C28H24S/c1-3-21-23-12-8-9-13-24(23)22(4-2)26-18-20(14-15-25(21)26)28-17-16-27(29-28)19-10-6-5-7-11-19/h5-18H,3-4H2,1-2H3. The molecule has 142 valence electrons. The van der Waals surface area contributed by atoms with Crippen molar-refractivity contribution >= 4 is 32.9 Å². The highest BCUT2D eigenvalue weighted by Gasteiger charge is 2.13. The van der Waals surface area contributed by atoms with Crippen molar-refractivity contribution in [2.75, 3.05) is 0 Å². The zero-order chi connectivity index (χ0) is 19.8. The lowest BCUT2D eigenvalue weighted by Crippen LogP contribution is -1.94. The van der Waals surface area contributed by atoms with Crippen LogP contribution in [0.25, 0.3) is 42.4 Å². The molecule has 0 aliphatic heterocycles. The monoisotopic (exact) mass is 392 g/mol. The van der Waals surface area contributed by atoms with Crippen molar-refractivity contribution in [3.8, 4) is 20.9 Å². The topological polar surface area (TPSA) is 0 Å². The van der Waals surface area contributed by atoms with E-state index in [4.69, 9.17) is 0 Å². The first-order valence-corrected chi connectivity index (χ1v) is 11.2. The van der Waals surface area contributed by atoms with Gasteiger partial charge in [0.1, 0.15) is 0 Å². The Kier molecular flexibility index (Phi) is 4.69. The molecule has 0 aliphatic rings. The van der Waals surface area contributed by atoms with Gasteiger partial charge >= 0.3 is 0 Å². The summed E-state index contributed by atoms with van der Waals surface area (Å²) in [6, 6.07) is 31.1. The molecule has 0 aliphatic carbocycles. The zero-order valence-corrected chi connectivity index (χ0v) is 17.7. The summed E-state index contributed by atoms with van der Waals surface area (Å²) in [5, 5.41) is 5.64. The van der Waals surface area contributed by atoms with Gasteiger partial charge in [-0.3, -0.25) is 0 Å². The second-order valence-electron chi connectivity index (χ2n) is 7.50. The van der Waals surface area contributed by atoms with Gasteiger partial charge in [0.05, 0.1) is 0 Å². The maximum absolute atomic E-state index is 2.42. The van der Waals surface area contributed by atoms with Crippen molar-refractivity contribution in [2.45, 2.75) is 26.7 Å². The second kappa shape index (κ2) is 7.50. The highest BCUT2D eigenvalue weighted by Crippen LogP contribution is 2.39. The van der Waals surface area contributed by atoms with E-state index in [1.165, 1.54) is 53.6 Å². The van der Waals surface area contributed by atoms with Crippen LogP contribution < -0.4 is 0 Å². The Morgan fingerprint density at radius 1 is 0.517 bits per heavy atom. The quantitative estimate of drug-likeness (QED) is 0.269. The lowest BCUT2D eigenvalue weighted by Gasteiger charge is -2.16. The van der Waals surface area contributed by atoms with Gasteiger partial charge in [-0.1, -0.05) is 80.6 Å². The molecule has 1 aromatic heterocycles. The van der Waals surface area contributed by atoms with E-state index in [-0.39, 0.29) is 0 Å². The maximum atomic E-state index is 2.42. The predicted molar refractivity (Wildman–Crippen MR) is 129 cm³/mol. The van der Waals surface area contributed by atoms with Gasteiger partial charge in [0, 0.05) is 9.75 Å². The molecule has 5 aromatic rings. The number of aryl methyl sites for hydroxylation is 2. The van der Waals surface area contributed by atoms with Crippen LogP contribution in [0.2, 0.25) is 0 Å². The van der Waals surface area contributed by atoms with Crippen LogP contribution in [0.4, 0.5) is 0 Å². The molecule has 1 heteroatoms. The smallest absolute Gasteiger partial charge is 0.0349 e. The summed E-state index contributed by atoms with van der Waals surface area (Å²) in [6.45, 7) is 4.55. The second-order valence-corrected chi connectivity index (χ2v) is 8.58. The van der Waals surface area contributed by atoms with Crippen LogP contribution in [0.3, 0.4) is 0 Å². The molecule has 0 nitrogen and oxygen atoms in total. The van der Waals surface area contributed by atoms with E-state index in [1.54, 1.807) is 0 Å². The van der Waals surface area contributed by atoms with Gasteiger partial charge in [0.15, 0.2) is 0 Å². The van der Waals surface area contributed by atoms with E-state index in [1.807, 2.05) is 11.3 Å². The summed E-state index contributed by atoms with van der Waals surface area (Å²) < 4.78 is 0. The molecule has 0 fully saturated rings. The molecule has 5 rings (SSSR count). The highest BCUT2D eigenvalue weighted by molar-refractivity contribution is 7.18. The van der Waals surface area contributed by atoms with Gasteiger partial charge in [-0.2, -0.15) is 0 Å². The minimum absolute atomic E-state index is 1.05. The Morgan fingerprint density at radius 3 is 1.72 bits per heavy atom. The molecule has 0 amide bonds. The molecule has 0 atom stereocenters. The molecule has 0 spiro atoms. The summed E-state index contributed by atoms with van der Waals surface area (Å²) in [5.41, 5.74) is 5.54. The molecule has 0 saturated heterocycles. The minimum Gasteiger partial charge on any atom is -0.135 e. The van der Waals surface area contributed by atoms with Gasteiger partial charge in [-0.15, -0.1) is 11.3 Å². The molecule has 0 unspecified atom stereocenters. The summed E-state index contributed by atoms with van der Waals surface area (Å²) in [4.78, 5) is 2.66. The summed E-state index contributed by atoms with van der Waals surface area (Å²) in [6.07, 6.45) is 2.10. The normalized spacial score (nSPS) is 11.4. The molecule has 0 bridgehead atoms. The summed E-state index contributed by atoms with van der Waals surface area (Å²) in [7, 11) is 0. The molecule has 0 N–H and O–H groups in total. The number of rotatable bonds is 4. The van der Waals surface area contributed by atoms with Crippen LogP contribution in [0, 0.1) is 0 Å². The SMILES string of the molecule is CCc1c2ccccc2c(CC)c2cc(-c3ccc(-c4ccccc4)s3)ccc12. The van der Waals surface area contributed by atoms with Crippen LogP contribution in [-0.4, -0.2) is 0 Å². The lowest BCUT2D eigenvalue weighted by molar-refractivity contribution is 1.15. The van der Waals surface area contributed by atoms with E-state index in [2.05, 4.69) is 98.8 Å². The van der Waals surface area contributed by atoms with Crippen LogP contribution in [0.1, 0.15) is 25.0 Å². The Labute approximate surface area is 176 Å². The van der Waals surface area contributed by atoms with Crippen molar-refractivity contribution in [1.29, 1.82) is 0 Å². The van der Waals surface area contributed by atoms with E-state index >= 15 is 0 Å². The van der Waals surface area contributed by atoms with E-state index in [0.717, 1.165) is 12.8 Å². The fraction of sp³-hybridized carbons (Fsp3) is 0.143. The van der Waals surface area contributed by atoms with E-state index in [0.29, 0.717) is 0 Å². The molecule has 4 aromatic carbocycles. The first-order chi connectivity index (χ1) is 14.3. The molecular weight excluding hydrogens is 368 g/mol. The highest BCUT2D eigenvalue weighted by atomic mass is 32.1. The van der Waals surface area contributed by atoms with Crippen molar-refractivity contribution in [3.05, 3.63) is 96.1 Å². The van der Waals surface area contributed by atoms with E-state index < -0.39 is 0 Å². The molecule has 1 heterocycles.